The van der Waals surface area contributed by atoms with Gasteiger partial charge in [0.2, 0.25) is 0 Å². The predicted octanol–water partition coefficient (Wildman–Crippen LogP) is 3.60. The van der Waals surface area contributed by atoms with Gasteiger partial charge in [-0.3, -0.25) is 0 Å². The highest BCUT2D eigenvalue weighted by atomic mass is 15.1. The molecule has 1 unspecified atom stereocenters. The van der Waals surface area contributed by atoms with Gasteiger partial charge in [-0.05, 0) is 44.8 Å². The molecule has 1 heteroatoms. The molecule has 0 amide bonds. The lowest BCUT2D eigenvalue weighted by Crippen LogP contribution is -2.19. The van der Waals surface area contributed by atoms with E-state index in [9.17, 15) is 0 Å². The number of nitrogens with zero attached hydrogens (tertiary/aromatic N) is 1. The fourth-order valence-electron chi connectivity index (χ4n) is 2.18. The van der Waals surface area contributed by atoms with Crippen LogP contribution in [0, 0.1) is 5.92 Å². The summed E-state index contributed by atoms with van der Waals surface area (Å²) in [7, 11) is 4.31. The number of rotatable bonds is 7. The molecule has 0 aliphatic rings. The molecule has 0 fully saturated rings. The van der Waals surface area contributed by atoms with E-state index in [1.165, 1.54) is 37.8 Å². The quantitative estimate of drug-likeness (QED) is 0.633. The van der Waals surface area contributed by atoms with E-state index in [0.29, 0.717) is 0 Å². The van der Waals surface area contributed by atoms with E-state index in [1.807, 2.05) is 0 Å². The average molecular weight is 219 g/mol. The van der Waals surface area contributed by atoms with Gasteiger partial charge in [-0.1, -0.05) is 43.7 Å². The summed E-state index contributed by atoms with van der Waals surface area (Å²) in [5.41, 5.74) is 1.47. The number of unbranched alkanes of at least 4 members (excludes halogenated alkanes) is 1. The Bertz CT molecular complexity index is 266. The monoisotopic (exact) mass is 219 g/mol. The Balaban J connectivity index is 2.08. The van der Waals surface area contributed by atoms with Crippen LogP contribution in [0.2, 0.25) is 0 Å². The fourth-order valence-corrected chi connectivity index (χ4v) is 2.18. The summed E-state index contributed by atoms with van der Waals surface area (Å²) in [6.45, 7) is 3.56. The largest absolute Gasteiger partial charge is 0.309 e. The molecule has 0 spiro atoms. The summed E-state index contributed by atoms with van der Waals surface area (Å²) in [5.74, 6) is 0.825. The van der Waals surface area contributed by atoms with Gasteiger partial charge in [0.15, 0.2) is 0 Å². The van der Waals surface area contributed by atoms with Gasteiger partial charge in [-0.2, -0.15) is 0 Å². The van der Waals surface area contributed by atoms with E-state index >= 15 is 0 Å². The molecule has 0 N–H and O–H groups in total. The van der Waals surface area contributed by atoms with Crippen LogP contribution in [0.5, 0.6) is 0 Å². The van der Waals surface area contributed by atoms with Gasteiger partial charge in [-0.15, -0.1) is 0 Å². The minimum absolute atomic E-state index is 0.825. The first-order valence-electron chi connectivity index (χ1n) is 6.37. The molecule has 0 aliphatic carbocycles. The van der Waals surface area contributed by atoms with Gasteiger partial charge >= 0.3 is 0 Å². The Morgan fingerprint density at radius 1 is 1.06 bits per heavy atom. The van der Waals surface area contributed by atoms with E-state index in [0.717, 1.165) is 5.92 Å². The number of benzene rings is 1. The maximum absolute atomic E-state index is 2.35. The zero-order chi connectivity index (χ0) is 11.8. The topological polar surface area (TPSA) is 3.24 Å². The average Bonchev–Trinajstić information content (AvgIpc) is 2.25. The maximum Gasteiger partial charge on any atom is 0.0000920 e. The smallest absolute Gasteiger partial charge is 0.0000920 e. The van der Waals surface area contributed by atoms with Crippen molar-refractivity contribution < 1.29 is 0 Å². The van der Waals surface area contributed by atoms with E-state index < -0.39 is 0 Å². The van der Waals surface area contributed by atoms with Crippen molar-refractivity contribution in [1.82, 2.24) is 4.90 Å². The second-order valence-corrected chi connectivity index (χ2v) is 5.10. The van der Waals surface area contributed by atoms with Crippen LogP contribution in [0.15, 0.2) is 30.3 Å². The molecular formula is C15H25N. The van der Waals surface area contributed by atoms with Crippen molar-refractivity contribution in [2.45, 2.75) is 32.6 Å². The van der Waals surface area contributed by atoms with Gasteiger partial charge < -0.3 is 4.90 Å². The minimum atomic E-state index is 0.825. The third-order valence-electron chi connectivity index (χ3n) is 2.93. The van der Waals surface area contributed by atoms with Crippen molar-refractivity contribution in [2.75, 3.05) is 20.6 Å². The van der Waals surface area contributed by atoms with Crippen LogP contribution in [0.1, 0.15) is 31.7 Å². The summed E-state index contributed by atoms with van der Waals surface area (Å²) < 4.78 is 0. The zero-order valence-electron chi connectivity index (χ0n) is 10.9. The van der Waals surface area contributed by atoms with Crippen molar-refractivity contribution in [3.8, 4) is 0 Å². The van der Waals surface area contributed by atoms with Gasteiger partial charge in [0, 0.05) is 6.54 Å². The zero-order valence-corrected chi connectivity index (χ0v) is 10.9. The molecule has 1 aromatic rings. The van der Waals surface area contributed by atoms with Crippen LogP contribution in [0.4, 0.5) is 0 Å². The van der Waals surface area contributed by atoms with Crippen molar-refractivity contribution in [2.24, 2.45) is 5.92 Å². The molecule has 1 atom stereocenters. The van der Waals surface area contributed by atoms with Crippen molar-refractivity contribution >= 4 is 0 Å². The molecule has 90 valence electrons. The van der Waals surface area contributed by atoms with Gasteiger partial charge in [0.1, 0.15) is 0 Å². The Labute approximate surface area is 100 Å². The molecule has 0 saturated carbocycles. The molecular weight excluding hydrogens is 194 g/mol. The minimum Gasteiger partial charge on any atom is -0.309 e. The molecule has 1 nitrogen and oxygen atoms in total. The molecule has 0 bridgehead atoms. The lowest BCUT2D eigenvalue weighted by Gasteiger charge is -2.16. The fraction of sp³-hybridized carbons (Fsp3) is 0.600. The second-order valence-electron chi connectivity index (χ2n) is 5.10. The first-order valence-corrected chi connectivity index (χ1v) is 6.37. The highest BCUT2D eigenvalue weighted by Gasteiger charge is 2.03. The molecule has 0 aromatic heterocycles. The molecule has 0 aliphatic heterocycles. The van der Waals surface area contributed by atoms with E-state index in [4.69, 9.17) is 0 Å². The normalized spacial score (nSPS) is 13.0. The molecule has 0 saturated heterocycles. The Morgan fingerprint density at radius 2 is 1.75 bits per heavy atom. The van der Waals surface area contributed by atoms with Crippen LogP contribution in [0.3, 0.4) is 0 Å². The highest BCUT2D eigenvalue weighted by molar-refractivity contribution is 5.14. The van der Waals surface area contributed by atoms with Crippen molar-refractivity contribution in [1.29, 1.82) is 0 Å². The van der Waals surface area contributed by atoms with Gasteiger partial charge in [-0.25, -0.2) is 0 Å². The van der Waals surface area contributed by atoms with Crippen LogP contribution >= 0.6 is 0 Å². The van der Waals surface area contributed by atoms with Crippen LogP contribution in [-0.2, 0) is 6.42 Å². The summed E-state index contributed by atoms with van der Waals surface area (Å²) >= 11 is 0. The summed E-state index contributed by atoms with van der Waals surface area (Å²) in [6.07, 6.45) is 5.26. The summed E-state index contributed by atoms with van der Waals surface area (Å²) in [4.78, 5) is 2.28. The molecule has 16 heavy (non-hydrogen) atoms. The third-order valence-corrected chi connectivity index (χ3v) is 2.93. The molecule has 0 radical (unpaired) electrons. The summed E-state index contributed by atoms with van der Waals surface area (Å²) in [6, 6.07) is 10.8. The third kappa shape index (κ3) is 5.92. The lowest BCUT2D eigenvalue weighted by molar-refractivity contribution is 0.322. The lowest BCUT2D eigenvalue weighted by atomic mass is 10.0. The Kier molecular flexibility index (Phi) is 6.17. The number of hydrogen-bond donors (Lipinski definition) is 0. The van der Waals surface area contributed by atoms with Crippen molar-refractivity contribution in [3.05, 3.63) is 35.9 Å². The Hall–Kier alpha value is -0.820. The van der Waals surface area contributed by atoms with E-state index in [1.54, 1.807) is 0 Å². The van der Waals surface area contributed by atoms with Crippen LogP contribution in [-0.4, -0.2) is 25.5 Å². The first kappa shape index (κ1) is 13.2. The van der Waals surface area contributed by atoms with Gasteiger partial charge in [0.25, 0.3) is 0 Å². The number of hydrogen-bond acceptors (Lipinski definition) is 1. The molecule has 0 heterocycles. The standard InChI is InChI=1S/C15H25N/c1-14(13-16(2)3)9-7-8-12-15-10-5-4-6-11-15/h4-6,10-11,14H,7-9,12-13H2,1-3H3. The van der Waals surface area contributed by atoms with Crippen molar-refractivity contribution in [3.63, 3.8) is 0 Å². The SMILES string of the molecule is CC(CCCCc1ccccc1)CN(C)C. The van der Waals surface area contributed by atoms with Crippen LogP contribution < -0.4 is 0 Å². The molecule has 1 rings (SSSR count). The van der Waals surface area contributed by atoms with Crippen LogP contribution in [0.25, 0.3) is 0 Å². The number of aryl methyl sites for hydroxylation is 1. The van der Waals surface area contributed by atoms with E-state index in [-0.39, 0.29) is 0 Å². The predicted molar refractivity (Wildman–Crippen MR) is 71.7 cm³/mol. The van der Waals surface area contributed by atoms with Gasteiger partial charge in [0.05, 0.1) is 0 Å². The first-order chi connectivity index (χ1) is 7.68. The molecule has 1 aromatic carbocycles. The Morgan fingerprint density at radius 3 is 2.38 bits per heavy atom. The maximum atomic E-state index is 2.35. The highest BCUT2D eigenvalue weighted by Crippen LogP contribution is 2.11. The van der Waals surface area contributed by atoms with E-state index in [2.05, 4.69) is 56.3 Å². The second kappa shape index (κ2) is 7.45. The summed E-state index contributed by atoms with van der Waals surface area (Å²) in [5, 5.41) is 0.